The Bertz CT molecular complexity index is 2630. The van der Waals surface area contributed by atoms with Crippen LogP contribution in [0.15, 0.2) is 72.5 Å². The molecule has 5 aromatic rings. The van der Waals surface area contributed by atoms with E-state index >= 15 is 8.78 Å². The van der Waals surface area contributed by atoms with Gasteiger partial charge in [0.2, 0.25) is 11.8 Å². The molecule has 2 aromatic heterocycles. The van der Waals surface area contributed by atoms with Crippen molar-refractivity contribution in [3.63, 3.8) is 0 Å². The first-order valence-electron chi connectivity index (χ1n) is 22.8. The number of likely N-dealkylation sites (tertiary alicyclic amines) is 1. The van der Waals surface area contributed by atoms with Gasteiger partial charge in [0.15, 0.2) is 11.2 Å². The molecule has 7 heterocycles. The fraction of sp³-hybridized carbons (Fsp3) is 0.417. The van der Waals surface area contributed by atoms with Crippen LogP contribution in [0.3, 0.4) is 0 Å². The number of anilines is 2. The number of aryl methyl sites for hydroxylation is 1. The summed E-state index contributed by atoms with van der Waals surface area (Å²) in [7, 11) is 0. The molecule has 3 saturated heterocycles. The largest absolute Gasteiger partial charge is 0.378 e. The summed E-state index contributed by atoms with van der Waals surface area (Å²) in [6.07, 6.45) is 6.19. The Kier molecular flexibility index (Phi) is 12.4. The normalized spacial score (nSPS) is 20.8. The molecule has 0 aliphatic carbocycles. The van der Waals surface area contributed by atoms with Crippen LogP contribution in [-0.2, 0) is 40.4 Å². The Balaban J connectivity index is 0.705. The number of imidazole rings is 1. The van der Waals surface area contributed by atoms with E-state index in [0.29, 0.717) is 79.7 Å². The predicted molar refractivity (Wildman–Crippen MR) is 243 cm³/mol. The number of thiazole rings is 1. The smallest absolute Gasteiger partial charge is 0.255 e. The lowest BCUT2D eigenvalue weighted by Crippen LogP contribution is -2.51. The maximum Gasteiger partial charge on any atom is 0.255 e. The number of nitrogens with zero attached hydrogens (tertiary/aromatic N) is 7. The molecule has 5 aliphatic rings. The number of aliphatic hydroxyl groups is 1. The number of amides is 4. The number of piperidine rings is 2. The highest BCUT2D eigenvalue weighted by Crippen LogP contribution is 2.38. The van der Waals surface area contributed by atoms with Crippen molar-refractivity contribution in [1.82, 2.24) is 39.5 Å². The van der Waals surface area contributed by atoms with Gasteiger partial charge in [-0.1, -0.05) is 30.3 Å². The average Bonchev–Trinajstić information content (AvgIpc) is 4.14. The number of hydrogen-bond acceptors (Lipinski definition) is 11. The summed E-state index contributed by atoms with van der Waals surface area (Å²) >= 11 is 1.28. The van der Waals surface area contributed by atoms with Crippen molar-refractivity contribution in [2.45, 2.75) is 82.4 Å². The van der Waals surface area contributed by atoms with Crippen molar-refractivity contribution in [3.05, 3.63) is 118 Å². The minimum Gasteiger partial charge on any atom is -0.378 e. The molecule has 18 heteroatoms. The van der Waals surface area contributed by atoms with Crippen LogP contribution in [0.25, 0.3) is 11.1 Å². The van der Waals surface area contributed by atoms with Crippen LogP contribution in [-0.4, -0.2) is 121 Å². The minimum atomic E-state index is -1.06. The van der Waals surface area contributed by atoms with E-state index in [2.05, 4.69) is 35.7 Å². The van der Waals surface area contributed by atoms with Crippen molar-refractivity contribution >= 4 is 45.8 Å². The number of carbonyl (C=O) groups excluding carboxylic acids is 4. The van der Waals surface area contributed by atoms with Gasteiger partial charge in [0.1, 0.15) is 17.9 Å². The zero-order chi connectivity index (χ0) is 45.5. The van der Waals surface area contributed by atoms with Crippen molar-refractivity contribution < 1.29 is 33.1 Å². The molecule has 0 spiro atoms. The number of rotatable bonds is 12. The highest BCUT2D eigenvalue weighted by atomic mass is 32.1. The second-order valence-corrected chi connectivity index (χ2v) is 18.9. The second-order valence-electron chi connectivity index (χ2n) is 18.0. The number of hydrogen-bond donors (Lipinski definition) is 4. The third-order valence-corrected chi connectivity index (χ3v) is 14.5. The van der Waals surface area contributed by atoms with E-state index in [1.54, 1.807) is 30.0 Å². The highest BCUT2D eigenvalue weighted by molar-refractivity contribution is 7.13. The molecule has 66 heavy (non-hydrogen) atoms. The predicted octanol–water partition coefficient (Wildman–Crippen LogP) is 5.10. The minimum absolute atomic E-state index is 0.0515. The third-order valence-electron chi connectivity index (χ3n) is 13.8. The Hall–Kier alpha value is -6.08. The molecule has 344 valence electrons. The van der Waals surface area contributed by atoms with Gasteiger partial charge in [-0.25, -0.2) is 18.7 Å². The van der Waals surface area contributed by atoms with Crippen LogP contribution >= 0.6 is 11.3 Å². The van der Waals surface area contributed by atoms with Gasteiger partial charge < -0.3 is 30.1 Å². The maximum atomic E-state index is 15.9. The quantitative estimate of drug-likeness (QED) is 0.132. The van der Waals surface area contributed by atoms with Crippen LogP contribution in [0.1, 0.15) is 82.5 Å². The second kappa shape index (κ2) is 18.7. The number of carbonyl (C=O) groups is 4. The summed E-state index contributed by atoms with van der Waals surface area (Å²) in [5.74, 6) is -1.72. The fourth-order valence-corrected chi connectivity index (χ4v) is 10.7. The van der Waals surface area contributed by atoms with Crippen molar-refractivity contribution in [2.24, 2.45) is 0 Å². The van der Waals surface area contributed by atoms with Gasteiger partial charge in [-0.2, -0.15) is 0 Å². The van der Waals surface area contributed by atoms with Crippen LogP contribution in [0.2, 0.25) is 0 Å². The molecule has 4 N–H and O–H groups in total. The molecule has 15 nitrogen and oxygen atoms in total. The van der Waals surface area contributed by atoms with Crippen LogP contribution in [0, 0.1) is 11.6 Å². The van der Waals surface area contributed by atoms with Gasteiger partial charge in [-0.05, 0) is 97.6 Å². The number of piperazine rings is 1. The number of nitrogens with one attached hydrogen (secondary N) is 3. The van der Waals surface area contributed by atoms with Crippen molar-refractivity contribution in [1.29, 1.82) is 0 Å². The first-order valence-corrected chi connectivity index (χ1v) is 23.7. The van der Waals surface area contributed by atoms with Gasteiger partial charge in [-0.15, -0.1) is 11.3 Å². The van der Waals surface area contributed by atoms with Crippen molar-refractivity contribution in [2.75, 3.05) is 56.4 Å². The van der Waals surface area contributed by atoms with Gasteiger partial charge in [-0.3, -0.25) is 34.3 Å². The lowest BCUT2D eigenvalue weighted by atomic mass is 9.89. The topological polar surface area (TPSA) is 168 Å². The molecule has 4 amide bonds. The summed E-state index contributed by atoms with van der Waals surface area (Å²) in [6, 6.07) is 14.7. The molecule has 0 saturated carbocycles. The Labute approximate surface area is 384 Å². The number of aliphatic hydroxyl groups excluding tert-OH is 1. The highest BCUT2D eigenvalue weighted by Gasteiger charge is 2.42. The first kappa shape index (κ1) is 43.8. The number of aromatic nitrogens is 3. The molecule has 0 radical (unpaired) electrons. The summed E-state index contributed by atoms with van der Waals surface area (Å²) in [4.78, 5) is 69.5. The SMILES string of the molecule is O=C1CC[C@H](Nc2ccc(C3CCN(CC(=O)N4CCN(Cc5ccc(-c6cc(F)c7c(c6)C(=O)N(C(C(=O)Nc6nccs6)c6ncn8c6CCC8)C7)cc5)CC4)CC3)c(F)c2)C(O)N1. The zero-order valence-electron chi connectivity index (χ0n) is 36.4. The molecule has 2 unspecified atom stereocenters. The lowest BCUT2D eigenvalue weighted by molar-refractivity contribution is -0.134. The average molecular weight is 919 g/mol. The van der Waals surface area contributed by atoms with E-state index in [4.69, 9.17) is 0 Å². The molecule has 3 aromatic carbocycles. The van der Waals surface area contributed by atoms with Gasteiger partial charge in [0.25, 0.3) is 11.8 Å². The Morgan fingerprint density at radius 1 is 0.879 bits per heavy atom. The lowest BCUT2D eigenvalue weighted by Gasteiger charge is -2.37. The number of benzene rings is 3. The van der Waals surface area contributed by atoms with E-state index in [1.807, 2.05) is 39.8 Å². The van der Waals surface area contributed by atoms with E-state index < -0.39 is 29.9 Å². The van der Waals surface area contributed by atoms with Crippen molar-refractivity contribution in [3.8, 4) is 11.1 Å². The van der Waals surface area contributed by atoms with E-state index in [1.165, 1.54) is 28.4 Å². The van der Waals surface area contributed by atoms with Gasteiger partial charge in [0, 0.05) is 79.8 Å². The molecule has 3 fully saturated rings. The maximum absolute atomic E-state index is 15.9. The third kappa shape index (κ3) is 9.06. The van der Waals surface area contributed by atoms with Crippen LogP contribution in [0.4, 0.5) is 19.6 Å². The molecule has 10 rings (SSSR count). The summed E-state index contributed by atoms with van der Waals surface area (Å²) < 4.78 is 33.2. The molecule has 3 atom stereocenters. The molecular weight excluding hydrogens is 867 g/mol. The molecule has 0 bridgehead atoms. The fourth-order valence-electron chi connectivity index (χ4n) is 10.2. The molecular formula is C48H52F2N10O5S. The number of halogens is 2. The van der Waals surface area contributed by atoms with Crippen LogP contribution in [0.5, 0.6) is 0 Å². The summed E-state index contributed by atoms with van der Waals surface area (Å²) in [5, 5.41) is 20.8. The van der Waals surface area contributed by atoms with E-state index in [9.17, 15) is 24.3 Å². The van der Waals surface area contributed by atoms with Gasteiger partial charge >= 0.3 is 0 Å². The van der Waals surface area contributed by atoms with E-state index in [-0.39, 0.29) is 47.3 Å². The van der Waals surface area contributed by atoms with Crippen LogP contribution < -0.4 is 16.0 Å². The zero-order valence-corrected chi connectivity index (χ0v) is 37.2. The monoisotopic (exact) mass is 918 g/mol. The summed E-state index contributed by atoms with van der Waals surface area (Å²) in [5.41, 5.74) is 5.53. The first-order chi connectivity index (χ1) is 32.0. The summed E-state index contributed by atoms with van der Waals surface area (Å²) in [6.45, 7) is 5.87. The van der Waals surface area contributed by atoms with Gasteiger partial charge in [0.05, 0.1) is 31.2 Å². The Morgan fingerprint density at radius 2 is 1.68 bits per heavy atom. The number of fused-ring (bicyclic) bond motifs is 2. The standard InChI is InChI=1S/C48H52F2N10O5S/c49-37-23-32(22-35-36(37)26-60(47(35)65)44(46(64)55-48-51-13-21-66-48)43-40-2-1-14-59(40)28-52-43)30-5-3-29(4-6-30)25-57-17-19-58(20-18-57)42(62)27-56-15-11-31(12-16-56)34-8-7-33(24-38(34)50)53-39-9-10-41(61)54-45(39)63/h3-8,13,21-24,28,31,39,44-45,53,63H,1-2,9-12,14-20,25-27H2,(H,54,61)(H,51,55,64)/t39-,44?,45?/m0/s1. The van der Waals surface area contributed by atoms with E-state index in [0.717, 1.165) is 62.1 Å². The molecule has 5 aliphatic heterocycles. The Morgan fingerprint density at radius 3 is 2.42 bits per heavy atom.